The van der Waals surface area contributed by atoms with Crippen molar-refractivity contribution < 1.29 is 27.4 Å². The summed E-state index contributed by atoms with van der Waals surface area (Å²) in [5.74, 6) is -0.268. The lowest BCUT2D eigenvalue weighted by atomic mass is 10.1. The summed E-state index contributed by atoms with van der Waals surface area (Å²) in [6.07, 6.45) is -4.55. The molecule has 2 aromatic carbocycles. The first-order valence-corrected chi connectivity index (χ1v) is 7.04. The lowest BCUT2D eigenvalue weighted by molar-refractivity contribution is -0.137. The number of carbonyl (C=O) groups excluding carboxylic acids is 1. The zero-order valence-corrected chi connectivity index (χ0v) is 13.5. The molecule has 4 nitrogen and oxygen atoms in total. The van der Waals surface area contributed by atoms with E-state index in [2.05, 4.69) is 5.32 Å². The number of halogens is 4. The highest BCUT2D eigenvalue weighted by atomic mass is 35.5. The Hall–Kier alpha value is -2.41. The Morgan fingerprint density at radius 2 is 1.67 bits per heavy atom. The summed E-state index contributed by atoms with van der Waals surface area (Å²) in [6, 6.07) is 7.35. The van der Waals surface area contributed by atoms with Crippen molar-refractivity contribution in [3.8, 4) is 11.5 Å². The summed E-state index contributed by atoms with van der Waals surface area (Å²) in [4.78, 5) is 12.5. The largest absolute Gasteiger partial charge is 0.496 e. The van der Waals surface area contributed by atoms with Crippen molar-refractivity contribution in [2.45, 2.75) is 6.18 Å². The van der Waals surface area contributed by atoms with Crippen molar-refractivity contribution in [3.63, 3.8) is 0 Å². The molecule has 0 bridgehead atoms. The van der Waals surface area contributed by atoms with E-state index in [1.165, 1.54) is 26.4 Å². The summed E-state index contributed by atoms with van der Waals surface area (Å²) in [6.45, 7) is 0. The average molecular weight is 360 g/mol. The quantitative estimate of drug-likeness (QED) is 0.866. The zero-order chi connectivity index (χ0) is 17.9. The molecule has 0 saturated carbocycles. The second-order valence-electron chi connectivity index (χ2n) is 4.68. The summed E-state index contributed by atoms with van der Waals surface area (Å²) in [5, 5.41) is 2.33. The van der Waals surface area contributed by atoms with E-state index < -0.39 is 17.6 Å². The molecule has 0 aliphatic carbocycles. The third-order valence-corrected chi connectivity index (χ3v) is 3.53. The van der Waals surface area contributed by atoms with Crippen molar-refractivity contribution >= 4 is 23.2 Å². The number of carbonyl (C=O) groups is 1. The van der Waals surface area contributed by atoms with Crippen molar-refractivity contribution in [1.29, 1.82) is 0 Å². The molecule has 8 heteroatoms. The van der Waals surface area contributed by atoms with E-state index in [1.54, 1.807) is 6.07 Å². The number of hydrogen-bond acceptors (Lipinski definition) is 3. The molecule has 0 spiro atoms. The summed E-state index contributed by atoms with van der Waals surface area (Å²) < 4.78 is 48.6. The van der Waals surface area contributed by atoms with E-state index >= 15 is 0 Å². The second kappa shape index (κ2) is 7.00. The topological polar surface area (TPSA) is 47.6 Å². The van der Waals surface area contributed by atoms with Gasteiger partial charge in [0, 0.05) is 0 Å². The third kappa shape index (κ3) is 3.73. The highest BCUT2D eigenvalue weighted by molar-refractivity contribution is 6.34. The first-order valence-electron chi connectivity index (χ1n) is 6.67. The van der Waals surface area contributed by atoms with Crippen molar-refractivity contribution in [1.82, 2.24) is 0 Å². The molecule has 24 heavy (non-hydrogen) atoms. The summed E-state index contributed by atoms with van der Waals surface area (Å²) in [7, 11) is 2.73. The van der Waals surface area contributed by atoms with Gasteiger partial charge in [0.1, 0.15) is 17.1 Å². The van der Waals surface area contributed by atoms with Crippen LogP contribution in [0, 0.1) is 0 Å². The molecule has 1 N–H and O–H groups in total. The van der Waals surface area contributed by atoms with E-state index in [9.17, 15) is 18.0 Å². The van der Waals surface area contributed by atoms with Crippen molar-refractivity contribution in [2.75, 3.05) is 19.5 Å². The maximum absolute atomic E-state index is 12.8. The predicted molar refractivity (Wildman–Crippen MR) is 84.0 cm³/mol. The number of rotatable bonds is 4. The van der Waals surface area contributed by atoms with E-state index in [0.717, 1.165) is 18.2 Å². The molecule has 2 rings (SSSR count). The number of benzene rings is 2. The van der Waals surface area contributed by atoms with Gasteiger partial charge in [-0.05, 0) is 30.3 Å². The van der Waals surface area contributed by atoms with E-state index in [-0.39, 0.29) is 27.8 Å². The molecule has 0 radical (unpaired) electrons. The highest BCUT2D eigenvalue weighted by Gasteiger charge is 2.31. The predicted octanol–water partition coefficient (Wildman–Crippen LogP) is 4.63. The lowest BCUT2D eigenvalue weighted by Gasteiger charge is -2.15. The Bertz CT molecular complexity index is 740. The zero-order valence-electron chi connectivity index (χ0n) is 12.7. The van der Waals surface area contributed by atoms with Crippen LogP contribution in [0.5, 0.6) is 11.5 Å². The SMILES string of the molecule is COc1cccc(OC)c1C(=O)Nc1cc(C(F)(F)F)ccc1Cl. The molecule has 0 fully saturated rings. The molecule has 0 aliphatic rings. The van der Waals surface area contributed by atoms with Crippen LogP contribution in [-0.2, 0) is 6.18 Å². The van der Waals surface area contributed by atoms with Gasteiger partial charge in [-0.3, -0.25) is 4.79 Å². The van der Waals surface area contributed by atoms with Gasteiger partial charge in [0.2, 0.25) is 0 Å². The van der Waals surface area contributed by atoms with E-state index in [0.29, 0.717) is 0 Å². The molecule has 0 aromatic heterocycles. The first kappa shape index (κ1) is 17.9. The summed E-state index contributed by atoms with van der Waals surface area (Å²) in [5.41, 5.74) is -1.03. The van der Waals surface area contributed by atoms with Crippen LogP contribution in [-0.4, -0.2) is 20.1 Å². The fourth-order valence-corrected chi connectivity index (χ4v) is 2.22. The number of alkyl halides is 3. The monoisotopic (exact) mass is 359 g/mol. The molecule has 0 saturated heterocycles. The first-order chi connectivity index (χ1) is 11.3. The Morgan fingerprint density at radius 1 is 1.08 bits per heavy atom. The van der Waals surface area contributed by atoms with Gasteiger partial charge in [-0.25, -0.2) is 0 Å². The fraction of sp³-hybridized carbons (Fsp3) is 0.188. The number of nitrogens with one attached hydrogen (secondary N) is 1. The number of anilines is 1. The van der Waals surface area contributed by atoms with Crippen LogP contribution in [0.25, 0.3) is 0 Å². The van der Waals surface area contributed by atoms with Crippen LogP contribution in [0.3, 0.4) is 0 Å². The standard InChI is InChI=1S/C16H13ClF3NO3/c1-23-12-4-3-5-13(24-2)14(12)15(22)21-11-8-9(16(18,19)20)6-7-10(11)17/h3-8H,1-2H3,(H,21,22). The number of methoxy groups -OCH3 is 2. The minimum absolute atomic E-state index is 0.0229. The molecule has 0 unspecified atom stereocenters. The molecule has 0 aliphatic heterocycles. The average Bonchev–Trinajstić information content (AvgIpc) is 2.54. The maximum Gasteiger partial charge on any atom is 0.416 e. The summed E-state index contributed by atoms with van der Waals surface area (Å²) >= 11 is 5.88. The van der Waals surface area contributed by atoms with E-state index in [1.807, 2.05) is 0 Å². The van der Waals surface area contributed by atoms with Crippen LogP contribution < -0.4 is 14.8 Å². The third-order valence-electron chi connectivity index (χ3n) is 3.20. The minimum atomic E-state index is -4.55. The Balaban J connectivity index is 2.41. The van der Waals surface area contributed by atoms with Crippen LogP contribution >= 0.6 is 11.6 Å². The number of hydrogen-bond donors (Lipinski definition) is 1. The highest BCUT2D eigenvalue weighted by Crippen LogP contribution is 2.35. The van der Waals surface area contributed by atoms with E-state index in [4.69, 9.17) is 21.1 Å². The maximum atomic E-state index is 12.8. The fourth-order valence-electron chi connectivity index (χ4n) is 2.06. The van der Waals surface area contributed by atoms with Gasteiger partial charge in [0.15, 0.2) is 0 Å². The molecule has 0 heterocycles. The molecule has 1 amide bonds. The van der Waals surface area contributed by atoms with Crippen LogP contribution in [0.4, 0.5) is 18.9 Å². The van der Waals surface area contributed by atoms with Gasteiger partial charge in [-0.15, -0.1) is 0 Å². The number of amides is 1. The second-order valence-corrected chi connectivity index (χ2v) is 5.09. The molecular formula is C16H13ClF3NO3. The molecule has 2 aromatic rings. The minimum Gasteiger partial charge on any atom is -0.496 e. The smallest absolute Gasteiger partial charge is 0.416 e. The van der Waals surface area contributed by atoms with Gasteiger partial charge in [-0.1, -0.05) is 17.7 Å². The van der Waals surface area contributed by atoms with Gasteiger partial charge in [-0.2, -0.15) is 13.2 Å². The Morgan fingerprint density at radius 3 is 2.17 bits per heavy atom. The molecular weight excluding hydrogens is 347 g/mol. The normalized spacial score (nSPS) is 11.1. The molecule has 128 valence electrons. The van der Waals surface area contributed by atoms with Gasteiger partial charge < -0.3 is 14.8 Å². The lowest BCUT2D eigenvalue weighted by Crippen LogP contribution is -2.15. The van der Waals surface area contributed by atoms with Crippen molar-refractivity contribution in [2.24, 2.45) is 0 Å². The van der Waals surface area contributed by atoms with Gasteiger partial charge >= 0.3 is 6.18 Å². The van der Waals surface area contributed by atoms with Crippen molar-refractivity contribution in [3.05, 3.63) is 52.5 Å². The Kier molecular flexibility index (Phi) is 5.23. The molecule has 0 atom stereocenters. The number of ether oxygens (including phenoxy) is 2. The van der Waals surface area contributed by atoms with Gasteiger partial charge in [0.05, 0.1) is 30.5 Å². The van der Waals surface area contributed by atoms with Crippen LogP contribution in [0.15, 0.2) is 36.4 Å². The van der Waals surface area contributed by atoms with Crippen LogP contribution in [0.1, 0.15) is 15.9 Å². The Labute approximate surface area is 141 Å². The van der Waals surface area contributed by atoms with Gasteiger partial charge in [0.25, 0.3) is 5.91 Å². The van der Waals surface area contributed by atoms with Crippen LogP contribution in [0.2, 0.25) is 5.02 Å².